The van der Waals surface area contributed by atoms with Crippen molar-refractivity contribution in [1.82, 2.24) is 0 Å². The number of benzene rings is 1. The second-order valence-electron chi connectivity index (χ2n) is 3.24. The summed E-state index contributed by atoms with van der Waals surface area (Å²) < 4.78 is 5.16. The van der Waals surface area contributed by atoms with Gasteiger partial charge >= 0.3 is 0 Å². The molecular weight excluding hydrogens is 246 g/mol. The van der Waals surface area contributed by atoms with Crippen LogP contribution in [0.4, 0.5) is 5.69 Å². The van der Waals surface area contributed by atoms with Gasteiger partial charge in [0.15, 0.2) is 12.0 Å². The summed E-state index contributed by atoms with van der Waals surface area (Å²) in [5, 5.41) is 11.0. The van der Waals surface area contributed by atoms with Gasteiger partial charge in [-0.05, 0) is 18.2 Å². The van der Waals surface area contributed by atoms with Gasteiger partial charge in [-0.1, -0.05) is 11.6 Å². The maximum Gasteiger partial charge on any atom is 0.270 e. The molecule has 0 unspecified atom stereocenters. The molecule has 0 amide bonds. The molecule has 5 nitrogen and oxygen atoms in total. The highest BCUT2D eigenvalue weighted by atomic mass is 35.5. The van der Waals surface area contributed by atoms with E-state index in [1.165, 1.54) is 30.3 Å². The number of nitrogens with zero attached hydrogens (tertiary/aromatic N) is 1. The Morgan fingerprint density at radius 3 is 2.65 bits per heavy atom. The number of nitro groups is 1. The second-order valence-corrected chi connectivity index (χ2v) is 3.65. The molecule has 0 aliphatic rings. The molecule has 1 heterocycles. The zero-order chi connectivity index (χ0) is 12.4. The molecule has 0 aliphatic heterocycles. The molecule has 0 N–H and O–H groups in total. The van der Waals surface area contributed by atoms with Crippen LogP contribution in [0.2, 0.25) is 5.02 Å². The average molecular weight is 252 g/mol. The predicted molar refractivity (Wildman–Crippen MR) is 61.2 cm³/mol. The van der Waals surface area contributed by atoms with Gasteiger partial charge in [0.1, 0.15) is 5.76 Å². The molecule has 0 radical (unpaired) electrons. The molecule has 1 aromatic carbocycles. The fourth-order valence-electron chi connectivity index (χ4n) is 1.38. The highest BCUT2D eigenvalue weighted by Gasteiger charge is 2.13. The molecule has 2 aromatic rings. The van der Waals surface area contributed by atoms with Crippen LogP contribution >= 0.6 is 11.6 Å². The summed E-state index contributed by atoms with van der Waals surface area (Å²) in [5.41, 5.74) is 0.294. The van der Waals surface area contributed by atoms with Gasteiger partial charge in [-0.2, -0.15) is 0 Å². The van der Waals surface area contributed by atoms with Crippen molar-refractivity contribution in [2.75, 3.05) is 0 Å². The molecule has 0 fully saturated rings. The molecule has 0 saturated heterocycles. The Bertz CT molecular complexity index is 591. The summed E-state index contributed by atoms with van der Waals surface area (Å²) in [5.74, 6) is 0.461. The van der Waals surface area contributed by atoms with E-state index in [1.54, 1.807) is 0 Å². The maximum atomic E-state index is 10.6. The number of halogens is 1. The fraction of sp³-hybridized carbons (Fsp3) is 0. The largest absolute Gasteiger partial charge is 0.453 e. The molecule has 2 rings (SSSR count). The maximum absolute atomic E-state index is 10.6. The number of non-ortho nitro benzene ring substituents is 1. The van der Waals surface area contributed by atoms with E-state index < -0.39 is 4.92 Å². The number of hydrogen-bond donors (Lipinski definition) is 0. The Labute approximate surface area is 101 Å². The number of hydrogen-bond acceptors (Lipinski definition) is 4. The van der Waals surface area contributed by atoms with Gasteiger partial charge in [-0.3, -0.25) is 14.9 Å². The van der Waals surface area contributed by atoms with Crippen molar-refractivity contribution in [2.24, 2.45) is 0 Å². The second kappa shape index (κ2) is 4.39. The van der Waals surface area contributed by atoms with Crippen LogP contribution < -0.4 is 0 Å². The minimum atomic E-state index is -0.524. The number of carbonyl (C=O) groups excluding carboxylic acids is 1. The first-order valence-electron chi connectivity index (χ1n) is 4.61. The van der Waals surface area contributed by atoms with E-state index in [2.05, 4.69) is 0 Å². The summed E-state index contributed by atoms with van der Waals surface area (Å²) in [6.07, 6.45) is 0.550. The van der Waals surface area contributed by atoms with E-state index in [1.807, 2.05) is 0 Å². The van der Waals surface area contributed by atoms with Crippen LogP contribution in [-0.2, 0) is 0 Å². The van der Waals surface area contributed by atoms with E-state index in [0.717, 1.165) is 0 Å². The van der Waals surface area contributed by atoms with Gasteiger partial charge < -0.3 is 4.42 Å². The zero-order valence-corrected chi connectivity index (χ0v) is 9.18. The van der Waals surface area contributed by atoms with Gasteiger partial charge in [-0.15, -0.1) is 0 Å². The third-order valence-corrected chi connectivity index (χ3v) is 2.50. The minimum Gasteiger partial charge on any atom is -0.453 e. The smallest absolute Gasteiger partial charge is 0.270 e. The van der Waals surface area contributed by atoms with E-state index in [0.29, 0.717) is 22.6 Å². The number of aldehydes is 1. The van der Waals surface area contributed by atoms with Gasteiger partial charge in [0, 0.05) is 17.7 Å². The lowest BCUT2D eigenvalue weighted by Gasteiger charge is -2.00. The SMILES string of the molecule is O=Cc1ccc(-c2cc([N+](=O)[O-])ccc2Cl)o1. The molecule has 1 aromatic heterocycles. The zero-order valence-electron chi connectivity index (χ0n) is 8.42. The first-order chi connectivity index (χ1) is 8.11. The fourth-order valence-corrected chi connectivity index (χ4v) is 1.59. The quantitative estimate of drug-likeness (QED) is 0.476. The first kappa shape index (κ1) is 11.3. The lowest BCUT2D eigenvalue weighted by molar-refractivity contribution is -0.384. The summed E-state index contributed by atoms with van der Waals surface area (Å²) >= 11 is 5.92. The third-order valence-electron chi connectivity index (χ3n) is 2.17. The van der Waals surface area contributed by atoms with E-state index in [-0.39, 0.29) is 11.4 Å². The van der Waals surface area contributed by atoms with Crippen LogP contribution in [0.5, 0.6) is 0 Å². The van der Waals surface area contributed by atoms with E-state index >= 15 is 0 Å². The molecule has 86 valence electrons. The lowest BCUT2D eigenvalue weighted by atomic mass is 10.1. The van der Waals surface area contributed by atoms with Crippen molar-refractivity contribution in [2.45, 2.75) is 0 Å². The van der Waals surface area contributed by atoms with Crippen LogP contribution in [0.3, 0.4) is 0 Å². The average Bonchev–Trinajstić information content (AvgIpc) is 2.77. The molecular formula is C11H6ClNO4. The number of furan rings is 1. The summed E-state index contributed by atoms with van der Waals surface area (Å²) in [7, 11) is 0. The van der Waals surface area contributed by atoms with Crippen LogP contribution in [0, 0.1) is 10.1 Å². The van der Waals surface area contributed by atoms with Crippen LogP contribution in [-0.4, -0.2) is 11.2 Å². The van der Waals surface area contributed by atoms with Crippen LogP contribution in [0.1, 0.15) is 10.6 Å². The molecule has 0 spiro atoms. The Kier molecular flexibility index (Phi) is 2.93. The number of nitro benzene ring substituents is 1. The Balaban J connectivity index is 2.53. The summed E-state index contributed by atoms with van der Waals surface area (Å²) in [6.45, 7) is 0. The lowest BCUT2D eigenvalue weighted by Crippen LogP contribution is -1.88. The molecule has 0 aliphatic carbocycles. The standard InChI is InChI=1S/C11H6ClNO4/c12-10-3-1-7(13(15)16)5-9(10)11-4-2-8(6-14)17-11/h1-6H. The highest BCUT2D eigenvalue weighted by Crippen LogP contribution is 2.32. The van der Waals surface area contributed by atoms with Crippen molar-refractivity contribution in [3.63, 3.8) is 0 Å². The highest BCUT2D eigenvalue weighted by molar-refractivity contribution is 6.33. The monoisotopic (exact) mass is 251 g/mol. The Morgan fingerprint density at radius 1 is 1.29 bits per heavy atom. The topological polar surface area (TPSA) is 73.3 Å². The van der Waals surface area contributed by atoms with E-state index in [4.69, 9.17) is 16.0 Å². The van der Waals surface area contributed by atoms with Gasteiger partial charge in [0.25, 0.3) is 5.69 Å². The molecule has 17 heavy (non-hydrogen) atoms. The molecule has 0 atom stereocenters. The van der Waals surface area contributed by atoms with E-state index in [9.17, 15) is 14.9 Å². The number of carbonyl (C=O) groups is 1. The van der Waals surface area contributed by atoms with Crippen molar-refractivity contribution < 1.29 is 14.1 Å². The predicted octanol–water partition coefficient (Wildman–Crippen LogP) is 3.32. The molecule has 6 heteroatoms. The third kappa shape index (κ3) is 2.19. The summed E-state index contributed by atoms with van der Waals surface area (Å²) in [6, 6.07) is 7.02. The normalized spacial score (nSPS) is 10.2. The van der Waals surface area contributed by atoms with Crippen molar-refractivity contribution >= 4 is 23.6 Å². The van der Waals surface area contributed by atoms with Crippen LogP contribution in [0.15, 0.2) is 34.7 Å². The van der Waals surface area contributed by atoms with Crippen molar-refractivity contribution in [3.05, 3.63) is 51.2 Å². The molecule has 0 bridgehead atoms. The van der Waals surface area contributed by atoms with Gasteiger partial charge in [0.2, 0.25) is 0 Å². The van der Waals surface area contributed by atoms with Crippen molar-refractivity contribution in [3.8, 4) is 11.3 Å². The summed E-state index contributed by atoms with van der Waals surface area (Å²) in [4.78, 5) is 20.6. The number of rotatable bonds is 3. The van der Waals surface area contributed by atoms with Crippen molar-refractivity contribution in [1.29, 1.82) is 0 Å². The Morgan fingerprint density at radius 2 is 2.06 bits per heavy atom. The minimum absolute atomic E-state index is 0.0894. The van der Waals surface area contributed by atoms with Crippen LogP contribution in [0.25, 0.3) is 11.3 Å². The molecule has 0 saturated carbocycles. The van der Waals surface area contributed by atoms with Gasteiger partial charge in [0.05, 0.1) is 9.95 Å². The Hall–Kier alpha value is -2.14. The first-order valence-corrected chi connectivity index (χ1v) is 4.99. The van der Waals surface area contributed by atoms with Gasteiger partial charge in [-0.25, -0.2) is 0 Å².